The van der Waals surface area contributed by atoms with Crippen molar-refractivity contribution in [1.29, 1.82) is 0 Å². The predicted octanol–water partition coefficient (Wildman–Crippen LogP) is 13.3. The van der Waals surface area contributed by atoms with Gasteiger partial charge in [-0.25, -0.2) is 0 Å². The van der Waals surface area contributed by atoms with Crippen molar-refractivity contribution >= 4 is 64.7 Å². The van der Waals surface area contributed by atoms with Crippen LogP contribution < -0.4 is 20.2 Å². The van der Waals surface area contributed by atoms with Crippen LogP contribution in [0.1, 0.15) is 11.1 Å². The third-order valence-corrected chi connectivity index (χ3v) is 14.4. The summed E-state index contributed by atoms with van der Waals surface area (Å²) in [5, 5.41) is 2.93. The minimum atomic E-state index is -2.12. The van der Waals surface area contributed by atoms with Crippen LogP contribution in [-0.2, 0) is 0 Å². The van der Waals surface area contributed by atoms with Crippen molar-refractivity contribution in [1.82, 2.24) is 0 Å². The summed E-state index contributed by atoms with van der Waals surface area (Å²) in [5.74, 6) is 0. The molecule has 0 unspecified atom stereocenters. The Hall–Kier alpha value is -6.68. The molecule has 1 heterocycles. The largest absolute Gasteiger partial charge is 0.311 e. The Labute approximate surface area is 325 Å². The van der Waals surface area contributed by atoms with E-state index in [0.717, 1.165) is 34.1 Å². The quantitative estimate of drug-likeness (QED) is 0.144. The zero-order chi connectivity index (χ0) is 37.2. The Kier molecular flexibility index (Phi) is 9.07. The van der Waals surface area contributed by atoms with E-state index in [1.54, 1.807) is 0 Å². The minimum absolute atomic E-state index is 1.14. The summed E-state index contributed by atoms with van der Waals surface area (Å²) >= 11 is 0. The van der Waals surface area contributed by atoms with Crippen LogP contribution in [0.4, 0.5) is 34.1 Å². The van der Waals surface area contributed by atoms with E-state index in [9.17, 15) is 0 Å². The first-order valence-corrected chi connectivity index (χ1v) is 22.0. The Morgan fingerprint density at radius 3 is 0.873 bits per heavy atom. The van der Waals surface area contributed by atoms with Crippen molar-refractivity contribution in [2.24, 2.45) is 0 Å². The third-order valence-electron chi connectivity index (χ3n) is 10.9. The van der Waals surface area contributed by atoms with E-state index in [-0.39, 0.29) is 0 Å². The number of hydrogen-bond donors (Lipinski definition) is 0. The summed E-state index contributed by atoms with van der Waals surface area (Å²) in [6.45, 7) is 5.01. The molecule has 0 saturated heterocycles. The van der Waals surface area contributed by atoms with Crippen LogP contribution in [0.3, 0.4) is 0 Å². The maximum absolute atomic E-state index is 2.51. The molecule has 0 aliphatic carbocycles. The van der Waals surface area contributed by atoms with Gasteiger partial charge < -0.3 is 9.80 Å². The summed E-state index contributed by atoms with van der Waals surface area (Å²) in [6, 6.07) is 74.5. The maximum atomic E-state index is 2.51. The summed E-state index contributed by atoms with van der Waals surface area (Å²) < 4.78 is 0. The molecule has 0 fully saturated rings. The van der Waals surface area contributed by atoms with Crippen LogP contribution in [0.25, 0.3) is 34.4 Å². The Balaban J connectivity index is 1.03. The first kappa shape index (κ1) is 34.1. The number of rotatable bonds is 8. The molecule has 8 aromatic carbocycles. The van der Waals surface area contributed by atoms with Gasteiger partial charge in [-0.15, -0.1) is 0 Å². The summed E-state index contributed by atoms with van der Waals surface area (Å²) in [5.41, 5.74) is 14.4. The van der Waals surface area contributed by atoms with E-state index in [4.69, 9.17) is 0 Å². The minimum Gasteiger partial charge on any atom is -0.311 e. The van der Waals surface area contributed by atoms with E-state index >= 15 is 0 Å². The second-order valence-corrected chi connectivity index (χ2v) is 19.0. The lowest BCUT2D eigenvalue weighted by Gasteiger charge is -2.28. The van der Waals surface area contributed by atoms with Gasteiger partial charge in [-0.3, -0.25) is 0 Å². The number of hydrogen-bond acceptors (Lipinski definition) is 2. The van der Waals surface area contributed by atoms with Crippen molar-refractivity contribution in [2.45, 2.75) is 13.1 Å². The van der Waals surface area contributed by atoms with Gasteiger partial charge in [0.15, 0.2) is 0 Å². The second kappa shape index (κ2) is 14.6. The molecule has 0 aromatic heterocycles. The number of benzene rings is 8. The molecule has 0 radical (unpaired) electrons. The summed E-state index contributed by atoms with van der Waals surface area (Å²) in [7, 11) is -2.12. The van der Waals surface area contributed by atoms with Crippen molar-refractivity contribution in [3.63, 3.8) is 0 Å². The molecule has 2 nitrogen and oxygen atoms in total. The van der Waals surface area contributed by atoms with E-state index in [1.807, 2.05) is 0 Å². The molecule has 0 saturated carbocycles. The zero-order valence-corrected chi connectivity index (χ0v) is 32.2. The van der Waals surface area contributed by atoms with Crippen LogP contribution in [0.2, 0.25) is 13.1 Å². The molecule has 9 rings (SSSR count). The molecule has 0 amide bonds. The maximum Gasteiger partial charge on any atom is 0.113 e. The SMILES string of the molecule is C[Si]1(C)c2cc(-c3ccc(N(c4ccccc4)c4ccccc4)cc3)ccc2C=Cc2ccc(-c3ccc(N(c4ccccc4)c4ccccc4)cc3)cc21. The van der Waals surface area contributed by atoms with Gasteiger partial charge in [-0.1, -0.05) is 159 Å². The molecular weight excluding hydrogens is 681 g/mol. The Bertz CT molecular complexity index is 2320. The fourth-order valence-electron chi connectivity index (χ4n) is 7.98. The van der Waals surface area contributed by atoms with E-state index < -0.39 is 8.07 Å². The third kappa shape index (κ3) is 6.71. The van der Waals surface area contributed by atoms with Gasteiger partial charge >= 0.3 is 0 Å². The number of anilines is 6. The lowest BCUT2D eigenvalue weighted by atomic mass is 10.0. The molecule has 1 aliphatic heterocycles. The monoisotopic (exact) mass is 722 g/mol. The van der Waals surface area contributed by atoms with Crippen LogP contribution in [-0.4, -0.2) is 8.07 Å². The number of para-hydroxylation sites is 4. The van der Waals surface area contributed by atoms with Crippen molar-refractivity contribution < 1.29 is 0 Å². The average Bonchev–Trinajstić information content (AvgIpc) is 3.36. The van der Waals surface area contributed by atoms with Crippen LogP contribution in [0.15, 0.2) is 206 Å². The molecule has 55 heavy (non-hydrogen) atoms. The molecule has 1 aliphatic rings. The topological polar surface area (TPSA) is 6.48 Å². The molecule has 0 N–H and O–H groups in total. The molecule has 264 valence electrons. The van der Waals surface area contributed by atoms with Crippen LogP contribution in [0, 0.1) is 0 Å². The molecule has 3 heteroatoms. The average molecular weight is 723 g/mol. The zero-order valence-electron chi connectivity index (χ0n) is 31.2. The van der Waals surface area contributed by atoms with Gasteiger partial charge in [-0.05, 0) is 117 Å². The lowest BCUT2D eigenvalue weighted by molar-refractivity contribution is 1.28. The highest BCUT2D eigenvalue weighted by Crippen LogP contribution is 2.37. The highest BCUT2D eigenvalue weighted by atomic mass is 28.3. The molecule has 8 aromatic rings. The summed E-state index contributed by atoms with van der Waals surface area (Å²) in [6.07, 6.45) is 4.63. The van der Waals surface area contributed by atoms with E-state index in [0.29, 0.717) is 0 Å². The van der Waals surface area contributed by atoms with Crippen molar-refractivity contribution in [3.8, 4) is 22.3 Å². The highest BCUT2D eigenvalue weighted by Gasteiger charge is 2.32. The number of nitrogens with zero attached hydrogens (tertiary/aromatic N) is 2. The van der Waals surface area contributed by atoms with Crippen molar-refractivity contribution in [2.75, 3.05) is 9.80 Å². The standard InChI is InChI=1S/C52H42N2Si/c1-55(2)51-37-43(39-29-33-49(34-30-39)53(45-15-7-3-8-16-45)46-17-9-4-10-18-46)27-25-41(51)23-24-42-26-28-44(38-52(42)55)40-31-35-50(36-32-40)54(47-19-11-5-12-20-47)48-21-13-6-14-22-48/h3-38H,1-2H3. The first-order valence-electron chi connectivity index (χ1n) is 19.0. The van der Waals surface area contributed by atoms with E-state index in [1.165, 1.54) is 43.8 Å². The Morgan fingerprint density at radius 1 is 0.291 bits per heavy atom. The second-order valence-electron chi connectivity index (χ2n) is 14.7. The van der Waals surface area contributed by atoms with Gasteiger partial charge in [0.25, 0.3) is 0 Å². The van der Waals surface area contributed by atoms with Gasteiger partial charge in [0.05, 0.1) is 0 Å². The fraction of sp³-hybridized carbons (Fsp3) is 0.0385. The highest BCUT2D eigenvalue weighted by molar-refractivity contribution is 7.01. The number of fused-ring (bicyclic) bond motifs is 2. The first-order chi connectivity index (χ1) is 27.0. The van der Waals surface area contributed by atoms with Crippen LogP contribution >= 0.6 is 0 Å². The molecule has 0 spiro atoms. The smallest absolute Gasteiger partial charge is 0.113 e. The predicted molar refractivity (Wildman–Crippen MR) is 239 cm³/mol. The van der Waals surface area contributed by atoms with Gasteiger partial charge in [-0.2, -0.15) is 0 Å². The molecular formula is C52H42N2Si. The van der Waals surface area contributed by atoms with E-state index in [2.05, 4.69) is 241 Å². The van der Waals surface area contributed by atoms with Gasteiger partial charge in [0, 0.05) is 34.1 Å². The van der Waals surface area contributed by atoms with Gasteiger partial charge in [0.1, 0.15) is 8.07 Å². The van der Waals surface area contributed by atoms with Gasteiger partial charge in [0.2, 0.25) is 0 Å². The normalized spacial score (nSPS) is 12.6. The lowest BCUT2D eigenvalue weighted by Crippen LogP contribution is -2.54. The summed E-state index contributed by atoms with van der Waals surface area (Å²) in [4.78, 5) is 4.62. The Morgan fingerprint density at radius 2 is 0.564 bits per heavy atom. The van der Waals surface area contributed by atoms with Crippen molar-refractivity contribution in [3.05, 3.63) is 217 Å². The molecule has 0 bridgehead atoms. The fourth-order valence-corrected chi connectivity index (χ4v) is 11.1. The van der Waals surface area contributed by atoms with Crippen LogP contribution in [0.5, 0.6) is 0 Å². The molecule has 0 atom stereocenters.